The number of pyridine rings is 2. The molecule has 0 bridgehead atoms. The SMILES string of the molecule is Cn1cc(-c2cc(F)cc(CNC(=O)c3nccc4[nH]c(C5CCCC5)nc34)c2)ccc1=O. The quantitative estimate of drug-likeness (QED) is 0.485. The molecule has 1 saturated carbocycles. The number of aromatic amines is 1. The summed E-state index contributed by atoms with van der Waals surface area (Å²) >= 11 is 0. The number of hydrogen-bond acceptors (Lipinski definition) is 4. The molecule has 0 unspecified atom stereocenters. The lowest BCUT2D eigenvalue weighted by molar-refractivity contribution is 0.0947. The van der Waals surface area contributed by atoms with Crippen molar-refractivity contribution in [3.63, 3.8) is 0 Å². The number of imidazole rings is 1. The molecular weight excluding hydrogens is 421 g/mol. The van der Waals surface area contributed by atoms with E-state index in [-0.39, 0.29) is 23.7 Å². The van der Waals surface area contributed by atoms with Crippen molar-refractivity contribution in [2.45, 2.75) is 38.1 Å². The van der Waals surface area contributed by atoms with Gasteiger partial charge in [-0.1, -0.05) is 12.8 Å². The second-order valence-corrected chi connectivity index (χ2v) is 8.56. The van der Waals surface area contributed by atoms with E-state index in [1.165, 1.54) is 35.6 Å². The first kappa shape index (κ1) is 21.1. The fourth-order valence-corrected chi connectivity index (χ4v) is 4.46. The number of halogens is 1. The summed E-state index contributed by atoms with van der Waals surface area (Å²) in [4.78, 5) is 36.9. The van der Waals surface area contributed by atoms with Crippen LogP contribution in [0.25, 0.3) is 22.2 Å². The maximum atomic E-state index is 14.3. The van der Waals surface area contributed by atoms with Crippen molar-refractivity contribution in [3.05, 3.63) is 82.0 Å². The number of carbonyl (C=O) groups is 1. The lowest BCUT2D eigenvalue weighted by atomic mass is 10.0. The Hall–Kier alpha value is -3.81. The molecule has 0 aliphatic heterocycles. The second-order valence-electron chi connectivity index (χ2n) is 8.56. The first-order valence-corrected chi connectivity index (χ1v) is 11.1. The van der Waals surface area contributed by atoms with Crippen molar-refractivity contribution in [1.29, 1.82) is 0 Å². The molecule has 2 N–H and O–H groups in total. The highest BCUT2D eigenvalue weighted by molar-refractivity contribution is 6.02. The molecule has 33 heavy (non-hydrogen) atoms. The third kappa shape index (κ3) is 4.28. The Morgan fingerprint density at radius 3 is 2.79 bits per heavy atom. The van der Waals surface area contributed by atoms with Gasteiger partial charge >= 0.3 is 0 Å². The average molecular weight is 445 g/mol. The number of carbonyl (C=O) groups excluding carboxylic acids is 1. The maximum Gasteiger partial charge on any atom is 0.272 e. The molecule has 0 atom stereocenters. The summed E-state index contributed by atoms with van der Waals surface area (Å²) in [7, 11) is 1.65. The topological polar surface area (TPSA) is 92.7 Å². The highest BCUT2D eigenvalue weighted by atomic mass is 19.1. The van der Waals surface area contributed by atoms with E-state index in [4.69, 9.17) is 0 Å². The molecule has 3 aromatic heterocycles. The van der Waals surface area contributed by atoms with Crippen LogP contribution < -0.4 is 10.9 Å². The number of H-pyrrole nitrogens is 1. The number of aryl methyl sites for hydroxylation is 1. The first-order valence-electron chi connectivity index (χ1n) is 11.1. The summed E-state index contributed by atoms with van der Waals surface area (Å²) in [6, 6.07) is 9.50. The molecule has 4 aromatic rings. The zero-order valence-corrected chi connectivity index (χ0v) is 18.3. The van der Waals surface area contributed by atoms with Crippen LogP contribution >= 0.6 is 0 Å². The van der Waals surface area contributed by atoms with Crippen molar-refractivity contribution in [1.82, 2.24) is 24.8 Å². The Morgan fingerprint density at radius 1 is 1.18 bits per heavy atom. The van der Waals surface area contributed by atoms with Crippen molar-refractivity contribution >= 4 is 16.9 Å². The van der Waals surface area contributed by atoms with E-state index in [0.717, 1.165) is 24.2 Å². The van der Waals surface area contributed by atoms with Gasteiger partial charge in [-0.3, -0.25) is 9.59 Å². The molecule has 1 aliphatic rings. The zero-order valence-electron chi connectivity index (χ0n) is 18.3. The number of fused-ring (bicyclic) bond motifs is 1. The van der Waals surface area contributed by atoms with Crippen molar-refractivity contribution in [2.75, 3.05) is 0 Å². The number of amides is 1. The van der Waals surface area contributed by atoms with Gasteiger partial charge in [0.25, 0.3) is 5.91 Å². The number of nitrogens with zero attached hydrogens (tertiary/aromatic N) is 3. The van der Waals surface area contributed by atoms with Crippen LogP contribution in [0, 0.1) is 5.82 Å². The lowest BCUT2D eigenvalue weighted by Crippen LogP contribution is -2.24. The smallest absolute Gasteiger partial charge is 0.272 e. The van der Waals surface area contributed by atoms with Gasteiger partial charge in [0.1, 0.15) is 17.2 Å². The minimum absolute atomic E-state index is 0.132. The van der Waals surface area contributed by atoms with Gasteiger partial charge in [-0.25, -0.2) is 14.4 Å². The van der Waals surface area contributed by atoms with Gasteiger partial charge in [-0.2, -0.15) is 0 Å². The summed E-state index contributed by atoms with van der Waals surface area (Å²) in [5.74, 6) is 0.533. The van der Waals surface area contributed by atoms with E-state index in [2.05, 4.69) is 20.3 Å². The number of hydrogen-bond donors (Lipinski definition) is 2. The van der Waals surface area contributed by atoms with Crippen molar-refractivity contribution < 1.29 is 9.18 Å². The molecule has 1 amide bonds. The molecule has 5 rings (SSSR count). The summed E-state index contributed by atoms with van der Waals surface area (Å²) in [6.07, 6.45) is 7.85. The Balaban J connectivity index is 1.37. The molecule has 1 fully saturated rings. The van der Waals surface area contributed by atoms with Crippen LogP contribution in [0.4, 0.5) is 4.39 Å². The van der Waals surface area contributed by atoms with Crippen molar-refractivity contribution in [2.24, 2.45) is 7.05 Å². The summed E-state index contributed by atoms with van der Waals surface area (Å²) in [6.45, 7) is 0.132. The van der Waals surface area contributed by atoms with Gasteiger partial charge in [-0.15, -0.1) is 0 Å². The highest BCUT2D eigenvalue weighted by Gasteiger charge is 2.22. The van der Waals surface area contributed by atoms with E-state index in [0.29, 0.717) is 28.1 Å². The fraction of sp³-hybridized carbons (Fsp3) is 0.280. The minimum Gasteiger partial charge on any atom is -0.347 e. The van der Waals surface area contributed by atoms with Gasteiger partial charge in [0.05, 0.1) is 5.52 Å². The first-order chi connectivity index (χ1) is 16.0. The van der Waals surface area contributed by atoms with E-state index in [1.54, 1.807) is 31.6 Å². The molecule has 1 aliphatic carbocycles. The molecule has 1 aromatic carbocycles. The highest BCUT2D eigenvalue weighted by Crippen LogP contribution is 2.33. The maximum absolute atomic E-state index is 14.3. The summed E-state index contributed by atoms with van der Waals surface area (Å²) < 4.78 is 15.7. The van der Waals surface area contributed by atoms with E-state index in [1.807, 2.05) is 6.07 Å². The molecule has 0 spiro atoms. The van der Waals surface area contributed by atoms with E-state index >= 15 is 0 Å². The minimum atomic E-state index is -0.417. The standard InChI is InChI=1S/C25H24FN5O2/c1-31-14-17(6-7-21(31)32)18-10-15(11-19(26)12-18)13-28-25(33)23-22-20(8-9-27-23)29-24(30-22)16-4-2-3-5-16/h6-12,14,16H,2-5,13H2,1H3,(H,28,33)(H,29,30). The number of rotatable bonds is 5. The Labute approximate surface area is 189 Å². The molecule has 168 valence electrons. The number of aromatic nitrogens is 4. The molecule has 7 nitrogen and oxygen atoms in total. The Kier molecular flexibility index (Phi) is 5.50. The number of benzene rings is 1. The van der Waals surface area contributed by atoms with Crippen LogP contribution in [0.5, 0.6) is 0 Å². The van der Waals surface area contributed by atoms with Crippen LogP contribution in [0.15, 0.2) is 53.6 Å². The fourth-order valence-electron chi connectivity index (χ4n) is 4.46. The van der Waals surface area contributed by atoms with E-state index < -0.39 is 5.82 Å². The zero-order chi connectivity index (χ0) is 22.9. The van der Waals surface area contributed by atoms with Gasteiger partial charge in [-0.05, 0) is 59.9 Å². The molecule has 3 heterocycles. The van der Waals surface area contributed by atoms with Gasteiger partial charge in [0.2, 0.25) is 5.56 Å². The van der Waals surface area contributed by atoms with E-state index in [9.17, 15) is 14.0 Å². The average Bonchev–Trinajstić information content (AvgIpc) is 3.48. The lowest BCUT2D eigenvalue weighted by Gasteiger charge is -2.09. The van der Waals surface area contributed by atoms with Crippen LogP contribution in [-0.2, 0) is 13.6 Å². The van der Waals surface area contributed by atoms with Gasteiger partial charge < -0.3 is 14.9 Å². The van der Waals surface area contributed by atoms with Crippen molar-refractivity contribution in [3.8, 4) is 11.1 Å². The third-order valence-corrected chi connectivity index (χ3v) is 6.21. The third-order valence-electron chi connectivity index (χ3n) is 6.21. The van der Waals surface area contributed by atoms with Crippen LogP contribution in [0.2, 0.25) is 0 Å². The molecule has 0 radical (unpaired) electrons. The predicted molar refractivity (Wildman–Crippen MR) is 123 cm³/mol. The predicted octanol–water partition coefficient (Wildman–Crippen LogP) is 4.05. The summed E-state index contributed by atoms with van der Waals surface area (Å²) in [5, 5.41) is 2.84. The Bertz CT molecular complexity index is 1400. The largest absolute Gasteiger partial charge is 0.347 e. The van der Waals surface area contributed by atoms with Crippen LogP contribution in [0.1, 0.15) is 53.5 Å². The van der Waals surface area contributed by atoms with Gasteiger partial charge in [0.15, 0.2) is 5.69 Å². The normalized spacial score (nSPS) is 14.1. The second kappa shape index (κ2) is 8.61. The van der Waals surface area contributed by atoms with Crippen LogP contribution in [0.3, 0.4) is 0 Å². The summed E-state index contributed by atoms with van der Waals surface area (Å²) in [5.41, 5.74) is 3.41. The van der Waals surface area contributed by atoms with Crippen LogP contribution in [-0.4, -0.2) is 25.4 Å². The molecule has 8 heteroatoms. The number of nitrogens with one attached hydrogen (secondary N) is 2. The molecular formula is C25H24FN5O2. The monoisotopic (exact) mass is 445 g/mol. The molecule has 0 saturated heterocycles. The Morgan fingerprint density at radius 2 is 2.00 bits per heavy atom. The van der Waals surface area contributed by atoms with Gasteiger partial charge in [0, 0.05) is 38.0 Å².